The molecule has 15 heavy (non-hydrogen) atoms. The van der Waals surface area contributed by atoms with Crippen LogP contribution in [0.3, 0.4) is 0 Å². The van der Waals surface area contributed by atoms with Crippen LogP contribution in [0.25, 0.3) is 0 Å². The molecule has 84 valence electrons. The lowest BCUT2D eigenvalue weighted by Gasteiger charge is -2.09. The molecule has 1 aromatic heterocycles. The van der Waals surface area contributed by atoms with Crippen LogP contribution in [0, 0.1) is 0 Å². The molecule has 0 aliphatic carbocycles. The number of carboxylic acid groups (broad SMARTS) is 1. The quantitative estimate of drug-likeness (QED) is 0.736. The Morgan fingerprint density at radius 3 is 2.87 bits per heavy atom. The van der Waals surface area contributed by atoms with E-state index in [1.807, 2.05) is 6.92 Å². The summed E-state index contributed by atoms with van der Waals surface area (Å²) in [7, 11) is 0. The summed E-state index contributed by atoms with van der Waals surface area (Å²) in [6.45, 7) is 4.60. The molecule has 0 aliphatic heterocycles. The van der Waals surface area contributed by atoms with Crippen LogP contribution in [0.4, 0.5) is 0 Å². The minimum Gasteiger partial charge on any atom is -0.475 e. The molecule has 0 amide bonds. The predicted octanol–water partition coefficient (Wildman–Crippen LogP) is 2.86. The van der Waals surface area contributed by atoms with Crippen molar-refractivity contribution >= 4 is 5.97 Å². The summed E-state index contributed by atoms with van der Waals surface area (Å²) in [5, 5.41) is 8.66. The van der Waals surface area contributed by atoms with Gasteiger partial charge in [0.1, 0.15) is 11.9 Å². The van der Waals surface area contributed by atoms with Gasteiger partial charge >= 0.3 is 5.97 Å². The van der Waals surface area contributed by atoms with E-state index in [1.165, 1.54) is 6.07 Å². The second kappa shape index (κ2) is 5.56. The van der Waals surface area contributed by atoms with Crippen LogP contribution < -0.4 is 0 Å². The Kier molecular flexibility index (Phi) is 4.37. The molecular formula is C11H16O4. The van der Waals surface area contributed by atoms with Crippen molar-refractivity contribution in [1.29, 1.82) is 0 Å². The van der Waals surface area contributed by atoms with E-state index in [0.717, 1.165) is 12.8 Å². The highest BCUT2D eigenvalue weighted by atomic mass is 16.5. The smallest absolute Gasteiger partial charge is 0.371 e. The first kappa shape index (κ1) is 11.8. The van der Waals surface area contributed by atoms with E-state index in [1.54, 1.807) is 6.07 Å². The monoisotopic (exact) mass is 212 g/mol. The molecule has 1 unspecified atom stereocenters. The Morgan fingerprint density at radius 2 is 2.33 bits per heavy atom. The topological polar surface area (TPSA) is 59.7 Å². The fourth-order valence-electron chi connectivity index (χ4n) is 1.17. The summed E-state index contributed by atoms with van der Waals surface area (Å²) in [6, 6.07) is 3.08. The number of rotatable bonds is 6. The number of furan rings is 1. The molecule has 1 atom stereocenters. The molecule has 0 fully saturated rings. The van der Waals surface area contributed by atoms with Crippen molar-refractivity contribution in [3.63, 3.8) is 0 Å². The third kappa shape index (κ3) is 3.40. The number of ether oxygens (including phenoxy) is 1. The first-order valence-corrected chi connectivity index (χ1v) is 5.09. The number of hydrogen-bond acceptors (Lipinski definition) is 3. The number of hydrogen-bond donors (Lipinski definition) is 1. The summed E-state index contributed by atoms with van der Waals surface area (Å²) in [4.78, 5) is 10.6. The van der Waals surface area contributed by atoms with Gasteiger partial charge in [-0.05, 0) is 25.5 Å². The molecule has 4 heteroatoms. The molecule has 1 heterocycles. The maximum Gasteiger partial charge on any atom is 0.371 e. The van der Waals surface area contributed by atoms with E-state index >= 15 is 0 Å². The predicted molar refractivity (Wildman–Crippen MR) is 54.9 cm³/mol. The average molecular weight is 212 g/mol. The zero-order chi connectivity index (χ0) is 11.3. The van der Waals surface area contributed by atoms with Crippen LogP contribution in [0.5, 0.6) is 0 Å². The summed E-state index contributed by atoms with van der Waals surface area (Å²) < 4.78 is 10.6. The molecule has 0 saturated carbocycles. The highest BCUT2D eigenvalue weighted by molar-refractivity contribution is 5.84. The number of carbonyl (C=O) groups is 1. The largest absolute Gasteiger partial charge is 0.475 e. The summed E-state index contributed by atoms with van der Waals surface area (Å²) in [5.74, 6) is -0.540. The second-order valence-electron chi connectivity index (χ2n) is 3.37. The van der Waals surface area contributed by atoms with E-state index in [2.05, 4.69) is 6.92 Å². The van der Waals surface area contributed by atoms with Crippen molar-refractivity contribution in [3.05, 3.63) is 23.7 Å². The number of carboxylic acids is 1. The van der Waals surface area contributed by atoms with Gasteiger partial charge in [-0.2, -0.15) is 0 Å². The molecular weight excluding hydrogens is 196 g/mol. The highest BCUT2D eigenvalue weighted by Gasteiger charge is 2.14. The lowest BCUT2D eigenvalue weighted by Crippen LogP contribution is -2.00. The van der Waals surface area contributed by atoms with E-state index in [9.17, 15) is 4.79 Å². The van der Waals surface area contributed by atoms with Crippen molar-refractivity contribution in [2.75, 3.05) is 6.61 Å². The minimum absolute atomic E-state index is 0.0454. The zero-order valence-corrected chi connectivity index (χ0v) is 9.03. The van der Waals surface area contributed by atoms with Gasteiger partial charge in [0.15, 0.2) is 0 Å². The van der Waals surface area contributed by atoms with Gasteiger partial charge in [-0.3, -0.25) is 0 Å². The third-order valence-corrected chi connectivity index (χ3v) is 2.10. The zero-order valence-electron chi connectivity index (χ0n) is 9.03. The van der Waals surface area contributed by atoms with Gasteiger partial charge in [-0.25, -0.2) is 4.79 Å². The Labute approximate surface area is 88.8 Å². The molecule has 1 aromatic rings. The second-order valence-corrected chi connectivity index (χ2v) is 3.37. The fourth-order valence-corrected chi connectivity index (χ4v) is 1.17. The van der Waals surface area contributed by atoms with Gasteiger partial charge in [-0.1, -0.05) is 13.3 Å². The van der Waals surface area contributed by atoms with Crippen LogP contribution in [0.1, 0.15) is 49.1 Å². The van der Waals surface area contributed by atoms with Crippen LogP contribution >= 0.6 is 0 Å². The Bertz CT molecular complexity index is 316. The number of unbranched alkanes of at least 4 members (excludes halogenated alkanes) is 1. The molecule has 0 saturated heterocycles. The van der Waals surface area contributed by atoms with Gasteiger partial charge in [-0.15, -0.1) is 0 Å². The Hall–Kier alpha value is -1.29. The first-order valence-electron chi connectivity index (χ1n) is 5.09. The number of aromatic carboxylic acids is 1. The van der Waals surface area contributed by atoms with Crippen LogP contribution in [0.2, 0.25) is 0 Å². The van der Waals surface area contributed by atoms with Crippen molar-refractivity contribution in [3.8, 4) is 0 Å². The van der Waals surface area contributed by atoms with Gasteiger partial charge in [0, 0.05) is 6.61 Å². The van der Waals surface area contributed by atoms with Gasteiger partial charge in [0.05, 0.1) is 0 Å². The van der Waals surface area contributed by atoms with Crippen molar-refractivity contribution in [2.45, 2.75) is 32.8 Å². The normalized spacial score (nSPS) is 12.7. The molecule has 0 spiro atoms. The van der Waals surface area contributed by atoms with Gasteiger partial charge in [0.25, 0.3) is 0 Å². The van der Waals surface area contributed by atoms with E-state index in [0.29, 0.717) is 12.4 Å². The molecule has 0 radical (unpaired) electrons. The molecule has 4 nitrogen and oxygen atoms in total. The molecule has 1 N–H and O–H groups in total. The lowest BCUT2D eigenvalue weighted by molar-refractivity contribution is 0.0457. The molecule has 0 aliphatic rings. The minimum atomic E-state index is -1.05. The SMILES string of the molecule is CCCCOC(C)c1ccc(C(=O)O)o1. The molecule has 0 bridgehead atoms. The van der Waals surface area contributed by atoms with Crippen molar-refractivity contribution < 1.29 is 19.1 Å². The Balaban J connectivity index is 2.50. The van der Waals surface area contributed by atoms with Gasteiger partial charge in [0.2, 0.25) is 5.76 Å². The lowest BCUT2D eigenvalue weighted by atomic mass is 10.3. The van der Waals surface area contributed by atoms with Gasteiger partial charge < -0.3 is 14.3 Å². The maximum absolute atomic E-state index is 10.6. The third-order valence-electron chi connectivity index (χ3n) is 2.10. The van der Waals surface area contributed by atoms with Crippen LogP contribution in [-0.2, 0) is 4.74 Å². The first-order chi connectivity index (χ1) is 7.15. The van der Waals surface area contributed by atoms with Crippen LogP contribution in [0.15, 0.2) is 16.5 Å². The Morgan fingerprint density at radius 1 is 1.60 bits per heavy atom. The average Bonchev–Trinajstić information content (AvgIpc) is 2.66. The maximum atomic E-state index is 10.6. The van der Waals surface area contributed by atoms with E-state index in [4.69, 9.17) is 14.3 Å². The summed E-state index contributed by atoms with van der Waals surface area (Å²) >= 11 is 0. The summed E-state index contributed by atoms with van der Waals surface area (Å²) in [5.41, 5.74) is 0. The van der Waals surface area contributed by atoms with Crippen molar-refractivity contribution in [2.24, 2.45) is 0 Å². The standard InChI is InChI=1S/C11H16O4/c1-3-4-7-14-8(2)9-5-6-10(15-9)11(12)13/h5-6,8H,3-4,7H2,1-2H3,(H,12,13). The highest BCUT2D eigenvalue weighted by Crippen LogP contribution is 2.19. The summed E-state index contributed by atoms with van der Waals surface area (Å²) in [6.07, 6.45) is 1.88. The molecule has 0 aromatic carbocycles. The van der Waals surface area contributed by atoms with E-state index in [-0.39, 0.29) is 11.9 Å². The van der Waals surface area contributed by atoms with E-state index < -0.39 is 5.97 Å². The fraction of sp³-hybridized carbons (Fsp3) is 0.545. The molecule has 1 rings (SSSR count). The van der Waals surface area contributed by atoms with Crippen LogP contribution in [-0.4, -0.2) is 17.7 Å². The van der Waals surface area contributed by atoms with Crippen molar-refractivity contribution in [1.82, 2.24) is 0 Å².